The van der Waals surface area contributed by atoms with Crippen LogP contribution in [0, 0.1) is 11.6 Å². The van der Waals surface area contributed by atoms with Gasteiger partial charge in [0, 0.05) is 6.07 Å². The molecule has 1 aliphatic rings. The fourth-order valence-corrected chi connectivity index (χ4v) is 2.52. The fourth-order valence-electron chi connectivity index (χ4n) is 2.52. The fraction of sp³-hybridized carbons (Fsp3) is 0.500. The van der Waals surface area contributed by atoms with Crippen molar-refractivity contribution in [2.75, 3.05) is 19.0 Å². The lowest BCUT2D eigenvalue weighted by Crippen LogP contribution is -2.25. The van der Waals surface area contributed by atoms with Gasteiger partial charge in [0.1, 0.15) is 18.2 Å². The average molecular weight is 327 g/mol. The van der Waals surface area contributed by atoms with Crippen LogP contribution in [-0.4, -0.2) is 31.7 Å². The third kappa shape index (κ3) is 4.72. The molecule has 0 saturated heterocycles. The van der Waals surface area contributed by atoms with E-state index < -0.39 is 29.1 Å². The standard InChI is InChI=1S/C16H19F2NO4/c1-22-16(21)11-7-14(13(18)8-12(11)17)19-15(20)9-23-10-5-3-2-4-6-10/h7-8,10H,2-6,9H2,1H3,(H,19,20). The number of carbonyl (C=O) groups is 2. The van der Waals surface area contributed by atoms with Gasteiger partial charge in [-0.2, -0.15) is 0 Å². The Morgan fingerprint density at radius 3 is 2.52 bits per heavy atom. The molecule has 0 unspecified atom stereocenters. The predicted molar refractivity (Wildman–Crippen MR) is 79.2 cm³/mol. The van der Waals surface area contributed by atoms with Crippen LogP contribution in [-0.2, 0) is 14.3 Å². The van der Waals surface area contributed by atoms with Crippen molar-refractivity contribution in [1.29, 1.82) is 0 Å². The highest BCUT2D eigenvalue weighted by Crippen LogP contribution is 2.22. The molecule has 23 heavy (non-hydrogen) atoms. The number of methoxy groups -OCH3 is 1. The van der Waals surface area contributed by atoms with Gasteiger partial charge in [0.15, 0.2) is 0 Å². The molecule has 5 nitrogen and oxygen atoms in total. The second-order valence-corrected chi connectivity index (χ2v) is 5.42. The largest absolute Gasteiger partial charge is 0.465 e. The molecule has 1 N–H and O–H groups in total. The maximum Gasteiger partial charge on any atom is 0.340 e. The van der Waals surface area contributed by atoms with Crippen LogP contribution in [0.2, 0.25) is 0 Å². The summed E-state index contributed by atoms with van der Waals surface area (Å²) < 4.78 is 37.1. The lowest BCUT2D eigenvalue weighted by atomic mass is 9.98. The normalized spacial score (nSPS) is 15.3. The number of hydrogen-bond acceptors (Lipinski definition) is 4. The van der Waals surface area contributed by atoms with Crippen LogP contribution in [0.3, 0.4) is 0 Å². The average Bonchev–Trinajstić information content (AvgIpc) is 2.55. The lowest BCUT2D eigenvalue weighted by Gasteiger charge is -2.21. The van der Waals surface area contributed by atoms with E-state index in [1.165, 1.54) is 6.42 Å². The highest BCUT2D eigenvalue weighted by Gasteiger charge is 2.19. The zero-order valence-corrected chi connectivity index (χ0v) is 12.9. The van der Waals surface area contributed by atoms with Gasteiger partial charge in [0.05, 0.1) is 24.5 Å². The molecule has 0 aromatic heterocycles. The van der Waals surface area contributed by atoms with E-state index in [1.807, 2.05) is 0 Å². The van der Waals surface area contributed by atoms with Crippen molar-refractivity contribution in [3.63, 3.8) is 0 Å². The lowest BCUT2D eigenvalue weighted by molar-refractivity contribution is -0.123. The summed E-state index contributed by atoms with van der Waals surface area (Å²) in [6, 6.07) is 1.44. The second kappa shape index (κ2) is 8.01. The Labute approximate surface area is 133 Å². The van der Waals surface area contributed by atoms with Crippen molar-refractivity contribution in [1.82, 2.24) is 0 Å². The van der Waals surface area contributed by atoms with Crippen molar-refractivity contribution in [3.05, 3.63) is 29.3 Å². The SMILES string of the molecule is COC(=O)c1cc(NC(=O)COC2CCCCC2)c(F)cc1F. The molecule has 7 heteroatoms. The molecular formula is C16H19F2NO4. The van der Waals surface area contributed by atoms with Crippen LogP contribution in [0.4, 0.5) is 14.5 Å². The van der Waals surface area contributed by atoms with Crippen LogP contribution < -0.4 is 5.32 Å². The Hall–Kier alpha value is -2.02. The van der Waals surface area contributed by atoms with E-state index >= 15 is 0 Å². The first-order valence-electron chi connectivity index (χ1n) is 7.50. The number of esters is 1. The molecule has 0 bridgehead atoms. The Morgan fingerprint density at radius 1 is 1.17 bits per heavy atom. The first kappa shape index (κ1) is 17.3. The summed E-state index contributed by atoms with van der Waals surface area (Å²) >= 11 is 0. The predicted octanol–water partition coefficient (Wildman–Crippen LogP) is 3.04. The zero-order chi connectivity index (χ0) is 16.8. The minimum atomic E-state index is -1.05. The number of amides is 1. The van der Waals surface area contributed by atoms with E-state index in [-0.39, 0.29) is 18.4 Å². The van der Waals surface area contributed by atoms with Crippen LogP contribution in [0.15, 0.2) is 12.1 Å². The van der Waals surface area contributed by atoms with Crippen molar-refractivity contribution >= 4 is 17.6 Å². The number of nitrogens with one attached hydrogen (secondary N) is 1. The summed E-state index contributed by atoms with van der Waals surface area (Å²) in [5, 5.41) is 2.28. The summed E-state index contributed by atoms with van der Waals surface area (Å²) in [4.78, 5) is 23.2. The van der Waals surface area contributed by atoms with Gasteiger partial charge in [0.25, 0.3) is 0 Å². The smallest absolute Gasteiger partial charge is 0.340 e. The minimum Gasteiger partial charge on any atom is -0.465 e. The molecule has 1 aromatic carbocycles. The molecule has 1 aliphatic carbocycles. The summed E-state index contributed by atoms with van der Waals surface area (Å²) in [5.74, 6) is -3.53. The third-order valence-corrected chi connectivity index (χ3v) is 3.74. The Bertz CT molecular complexity index is 586. The molecule has 0 spiro atoms. The molecule has 1 fully saturated rings. The van der Waals surface area contributed by atoms with E-state index in [0.29, 0.717) is 6.07 Å². The monoisotopic (exact) mass is 327 g/mol. The van der Waals surface area contributed by atoms with Gasteiger partial charge in [-0.1, -0.05) is 19.3 Å². The number of ether oxygens (including phenoxy) is 2. The van der Waals surface area contributed by atoms with E-state index in [1.54, 1.807) is 0 Å². The topological polar surface area (TPSA) is 64.6 Å². The molecule has 0 atom stereocenters. The molecule has 0 heterocycles. The van der Waals surface area contributed by atoms with Crippen molar-refractivity contribution in [2.45, 2.75) is 38.2 Å². The van der Waals surface area contributed by atoms with Crippen LogP contribution in [0.5, 0.6) is 0 Å². The Morgan fingerprint density at radius 2 is 1.87 bits per heavy atom. The molecule has 1 amide bonds. The number of hydrogen-bond donors (Lipinski definition) is 1. The first-order valence-corrected chi connectivity index (χ1v) is 7.50. The molecular weight excluding hydrogens is 308 g/mol. The van der Waals surface area contributed by atoms with Crippen molar-refractivity contribution in [2.24, 2.45) is 0 Å². The van der Waals surface area contributed by atoms with Gasteiger partial charge in [-0.05, 0) is 18.9 Å². The molecule has 0 aliphatic heterocycles. The van der Waals surface area contributed by atoms with Crippen molar-refractivity contribution < 1.29 is 27.8 Å². The maximum atomic E-state index is 13.7. The number of anilines is 1. The summed E-state index contributed by atoms with van der Waals surface area (Å²) in [7, 11) is 1.08. The highest BCUT2D eigenvalue weighted by atomic mass is 19.1. The summed E-state index contributed by atoms with van der Waals surface area (Å²) in [6.45, 7) is -0.213. The van der Waals surface area contributed by atoms with E-state index in [4.69, 9.17) is 4.74 Å². The zero-order valence-electron chi connectivity index (χ0n) is 12.9. The van der Waals surface area contributed by atoms with E-state index in [9.17, 15) is 18.4 Å². The van der Waals surface area contributed by atoms with Gasteiger partial charge >= 0.3 is 5.97 Å². The quantitative estimate of drug-likeness (QED) is 0.844. The summed E-state index contributed by atoms with van der Waals surface area (Å²) in [6.07, 6.45) is 5.17. The van der Waals surface area contributed by atoms with E-state index in [2.05, 4.69) is 10.1 Å². The van der Waals surface area contributed by atoms with Gasteiger partial charge < -0.3 is 14.8 Å². The third-order valence-electron chi connectivity index (χ3n) is 3.74. The minimum absolute atomic E-state index is 0.0400. The first-order chi connectivity index (χ1) is 11.0. The Balaban J connectivity index is 1.98. The molecule has 1 saturated carbocycles. The number of rotatable bonds is 5. The van der Waals surface area contributed by atoms with Gasteiger partial charge in [0.2, 0.25) is 5.91 Å². The maximum absolute atomic E-state index is 13.7. The molecule has 0 radical (unpaired) electrons. The van der Waals surface area contributed by atoms with Gasteiger partial charge in [-0.15, -0.1) is 0 Å². The van der Waals surface area contributed by atoms with E-state index in [0.717, 1.165) is 38.9 Å². The molecule has 126 valence electrons. The van der Waals surface area contributed by atoms with Crippen LogP contribution >= 0.6 is 0 Å². The number of carbonyl (C=O) groups excluding carboxylic acids is 2. The number of halogens is 2. The molecule has 1 aromatic rings. The summed E-state index contributed by atoms with van der Waals surface area (Å²) in [5.41, 5.74) is -0.735. The van der Waals surface area contributed by atoms with Crippen LogP contribution in [0.25, 0.3) is 0 Å². The highest BCUT2D eigenvalue weighted by molar-refractivity contribution is 5.95. The Kier molecular flexibility index (Phi) is 6.04. The number of benzene rings is 1. The van der Waals surface area contributed by atoms with Crippen LogP contribution in [0.1, 0.15) is 42.5 Å². The van der Waals surface area contributed by atoms with Gasteiger partial charge in [-0.25, -0.2) is 13.6 Å². The van der Waals surface area contributed by atoms with Crippen molar-refractivity contribution in [3.8, 4) is 0 Å². The second-order valence-electron chi connectivity index (χ2n) is 5.42. The van der Waals surface area contributed by atoms with Gasteiger partial charge in [-0.3, -0.25) is 4.79 Å². The molecule has 2 rings (SSSR count).